The quantitative estimate of drug-likeness (QED) is 0.395. The summed E-state index contributed by atoms with van der Waals surface area (Å²) in [5, 5.41) is 11.0. The minimum absolute atomic E-state index is 0.577. The molecular weight excluding hydrogens is 292 g/mol. The lowest BCUT2D eigenvalue weighted by Gasteiger charge is -2.25. The SMILES string of the molecule is CN=C(NCCCn1cccn1)NCC1CCCN1CCOC. The van der Waals surface area contributed by atoms with E-state index in [-0.39, 0.29) is 0 Å². The van der Waals surface area contributed by atoms with Crippen molar-refractivity contribution in [2.45, 2.75) is 31.8 Å². The highest BCUT2D eigenvalue weighted by molar-refractivity contribution is 5.79. The number of hydrogen-bond donors (Lipinski definition) is 2. The van der Waals surface area contributed by atoms with Gasteiger partial charge in [-0.3, -0.25) is 14.6 Å². The third-order valence-electron chi connectivity index (χ3n) is 4.23. The number of aliphatic imine (C=N–C) groups is 1. The molecular formula is C16H30N6O. The first-order chi connectivity index (χ1) is 11.3. The number of nitrogens with one attached hydrogen (secondary N) is 2. The summed E-state index contributed by atoms with van der Waals surface area (Å²) in [6, 6.07) is 2.53. The fourth-order valence-corrected chi connectivity index (χ4v) is 2.94. The average Bonchev–Trinajstić information content (AvgIpc) is 3.24. The molecule has 1 aromatic heterocycles. The van der Waals surface area contributed by atoms with Crippen molar-refractivity contribution >= 4 is 5.96 Å². The van der Waals surface area contributed by atoms with Crippen molar-refractivity contribution in [1.82, 2.24) is 25.3 Å². The van der Waals surface area contributed by atoms with Crippen LogP contribution < -0.4 is 10.6 Å². The van der Waals surface area contributed by atoms with Crippen LogP contribution in [0.3, 0.4) is 0 Å². The van der Waals surface area contributed by atoms with Crippen molar-refractivity contribution in [1.29, 1.82) is 0 Å². The molecule has 0 saturated carbocycles. The molecule has 2 rings (SSSR count). The number of ether oxygens (including phenoxy) is 1. The van der Waals surface area contributed by atoms with Gasteiger partial charge in [0.25, 0.3) is 0 Å². The number of likely N-dealkylation sites (tertiary alicyclic amines) is 1. The van der Waals surface area contributed by atoms with Crippen LogP contribution in [0.1, 0.15) is 19.3 Å². The summed E-state index contributed by atoms with van der Waals surface area (Å²) in [5.41, 5.74) is 0. The van der Waals surface area contributed by atoms with Gasteiger partial charge in [0.15, 0.2) is 5.96 Å². The third-order valence-corrected chi connectivity index (χ3v) is 4.23. The van der Waals surface area contributed by atoms with E-state index in [2.05, 4.69) is 25.6 Å². The van der Waals surface area contributed by atoms with Crippen LogP contribution in [0.5, 0.6) is 0 Å². The Hall–Kier alpha value is -1.60. The van der Waals surface area contributed by atoms with Gasteiger partial charge in [0, 0.05) is 58.8 Å². The van der Waals surface area contributed by atoms with E-state index < -0.39 is 0 Å². The number of aryl methyl sites for hydroxylation is 1. The van der Waals surface area contributed by atoms with Crippen molar-refractivity contribution in [3.8, 4) is 0 Å². The summed E-state index contributed by atoms with van der Waals surface area (Å²) in [7, 11) is 3.58. The van der Waals surface area contributed by atoms with Gasteiger partial charge in [0.05, 0.1) is 6.61 Å². The molecule has 0 aromatic carbocycles. The van der Waals surface area contributed by atoms with Gasteiger partial charge in [0.1, 0.15) is 0 Å². The molecule has 1 aliphatic rings. The maximum absolute atomic E-state index is 5.19. The predicted molar refractivity (Wildman–Crippen MR) is 92.7 cm³/mol. The minimum atomic E-state index is 0.577. The fourth-order valence-electron chi connectivity index (χ4n) is 2.94. The van der Waals surface area contributed by atoms with Gasteiger partial charge in [-0.05, 0) is 31.9 Å². The fraction of sp³-hybridized carbons (Fsp3) is 0.750. The van der Waals surface area contributed by atoms with Gasteiger partial charge in [-0.1, -0.05) is 0 Å². The Morgan fingerprint density at radius 3 is 3.04 bits per heavy atom. The maximum Gasteiger partial charge on any atom is 0.191 e. The Morgan fingerprint density at radius 2 is 2.30 bits per heavy atom. The smallest absolute Gasteiger partial charge is 0.191 e. The number of aromatic nitrogens is 2. The number of hydrogen-bond acceptors (Lipinski definition) is 4. The highest BCUT2D eigenvalue weighted by Crippen LogP contribution is 2.15. The lowest BCUT2D eigenvalue weighted by Crippen LogP contribution is -2.45. The summed E-state index contributed by atoms with van der Waals surface area (Å²) in [6.07, 6.45) is 7.33. The third kappa shape index (κ3) is 6.19. The number of rotatable bonds is 9. The van der Waals surface area contributed by atoms with Crippen molar-refractivity contribution in [3.05, 3.63) is 18.5 Å². The van der Waals surface area contributed by atoms with E-state index in [1.165, 1.54) is 19.4 Å². The molecule has 1 saturated heterocycles. The van der Waals surface area contributed by atoms with Crippen LogP contribution in [0.15, 0.2) is 23.5 Å². The van der Waals surface area contributed by atoms with Gasteiger partial charge in [-0.15, -0.1) is 0 Å². The largest absolute Gasteiger partial charge is 0.383 e. The Morgan fingerprint density at radius 1 is 1.39 bits per heavy atom. The maximum atomic E-state index is 5.19. The molecule has 7 nitrogen and oxygen atoms in total. The molecule has 1 aliphatic heterocycles. The highest BCUT2D eigenvalue weighted by atomic mass is 16.5. The van der Waals surface area contributed by atoms with Crippen LogP contribution in [0, 0.1) is 0 Å². The summed E-state index contributed by atoms with van der Waals surface area (Å²) in [6.45, 7) is 5.73. The number of guanidine groups is 1. The first kappa shape index (κ1) is 17.7. The first-order valence-corrected chi connectivity index (χ1v) is 8.48. The zero-order chi connectivity index (χ0) is 16.3. The zero-order valence-electron chi connectivity index (χ0n) is 14.4. The van der Waals surface area contributed by atoms with Gasteiger partial charge in [-0.2, -0.15) is 5.10 Å². The highest BCUT2D eigenvalue weighted by Gasteiger charge is 2.23. The lowest BCUT2D eigenvalue weighted by molar-refractivity contribution is 0.141. The second-order valence-corrected chi connectivity index (χ2v) is 5.83. The Bertz CT molecular complexity index is 447. The standard InChI is InChI=1S/C16H30N6O/c1-17-16(18-7-4-10-22-11-5-8-20-22)19-14-15-6-3-9-21(15)12-13-23-2/h5,8,11,15H,3-4,6-7,9-10,12-14H2,1-2H3,(H2,17,18,19). The van der Waals surface area contributed by atoms with Crippen LogP contribution in [0.25, 0.3) is 0 Å². The van der Waals surface area contributed by atoms with Gasteiger partial charge in [-0.25, -0.2) is 0 Å². The van der Waals surface area contributed by atoms with Crippen LogP contribution >= 0.6 is 0 Å². The molecule has 130 valence electrons. The molecule has 1 atom stereocenters. The summed E-state index contributed by atoms with van der Waals surface area (Å²) in [5.74, 6) is 0.879. The van der Waals surface area contributed by atoms with Crippen LogP contribution in [-0.2, 0) is 11.3 Å². The summed E-state index contributed by atoms with van der Waals surface area (Å²) >= 11 is 0. The van der Waals surface area contributed by atoms with E-state index in [1.807, 2.05) is 30.2 Å². The van der Waals surface area contributed by atoms with Gasteiger partial charge >= 0.3 is 0 Å². The minimum Gasteiger partial charge on any atom is -0.383 e. The lowest BCUT2D eigenvalue weighted by atomic mass is 10.2. The van der Waals surface area contributed by atoms with E-state index in [4.69, 9.17) is 4.74 Å². The van der Waals surface area contributed by atoms with E-state index in [0.717, 1.165) is 45.2 Å². The van der Waals surface area contributed by atoms with Crippen LogP contribution in [-0.4, -0.2) is 73.6 Å². The van der Waals surface area contributed by atoms with Crippen LogP contribution in [0.2, 0.25) is 0 Å². The van der Waals surface area contributed by atoms with Crippen molar-refractivity contribution in [2.24, 2.45) is 4.99 Å². The molecule has 1 aromatic rings. The summed E-state index contributed by atoms with van der Waals surface area (Å²) in [4.78, 5) is 6.80. The molecule has 0 amide bonds. The monoisotopic (exact) mass is 322 g/mol. The van der Waals surface area contributed by atoms with Gasteiger partial charge < -0.3 is 15.4 Å². The predicted octanol–water partition coefficient (Wildman–Crippen LogP) is 0.549. The molecule has 1 unspecified atom stereocenters. The second-order valence-electron chi connectivity index (χ2n) is 5.83. The summed E-state index contributed by atoms with van der Waals surface area (Å²) < 4.78 is 7.14. The topological polar surface area (TPSA) is 66.7 Å². The van der Waals surface area contributed by atoms with E-state index in [9.17, 15) is 0 Å². The van der Waals surface area contributed by atoms with Crippen molar-refractivity contribution in [3.63, 3.8) is 0 Å². The number of methoxy groups -OCH3 is 1. The van der Waals surface area contributed by atoms with E-state index in [0.29, 0.717) is 6.04 Å². The van der Waals surface area contributed by atoms with E-state index >= 15 is 0 Å². The Labute approximate surface area is 139 Å². The molecule has 2 heterocycles. The molecule has 7 heteroatoms. The van der Waals surface area contributed by atoms with Crippen molar-refractivity contribution in [2.75, 3.05) is 46.9 Å². The second kappa shape index (κ2) is 10.2. The Kier molecular flexibility index (Phi) is 7.89. The van der Waals surface area contributed by atoms with Crippen molar-refractivity contribution < 1.29 is 4.74 Å². The molecule has 2 N–H and O–H groups in total. The number of nitrogens with zero attached hydrogens (tertiary/aromatic N) is 4. The molecule has 0 spiro atoms. The molecule has 0 bridgehead atoms. The normalized spacial score (nSPS) is 19.2. The zero-order valence-corrected chi connectivity index (χ0v) is 14.4. The van der Waals surface area contributed by atoms with E-state index in [1.54, 1.807) is 7.11 Å². The Balaban J connectivity index is 1.62. The van der Waals surface area contributed by atoms with Crippen LogP contribution in [0.4, 0.5) is 0 Å². The first-order valence-electron chi connectivity index (χ1n) is 8.48. The molecule has 23 heavy (non-hydrogen) atoms. The van der Waals surface area contributed by atoms with Gasteiger partial charge in [0.2, 0.25) is 0 Å². The average molecular weight is 322 g/mol. The molecule has 0 radical (unpaired) electrons. The molecule has 1 fully saturated rings. The molecule has 0 aliphatic carbocycles.